The number of carbonyl (C=O) groups is 1. The molecular weight excluding hydrogens is 210 g/mol. The lowest BCUT2D eigenvalue weighted by atomic mass is 10.1. The molecule has 15 heavy (non-hydrogen) atoms. The Morgan fingerprint density at radius 3 is 2.47 bits per heavy atom. The fourth-order valence-corrected chi connectivity index (χ4v) is 2.67. The molecule has 0 radical (unpaired) electrons. The number of benzene rings is 1. The average molecular weight is 225 g/mol. The fourth-order valence-electron chi connectivity index (χ4n) is 1.25. The number of rotatable bonds is 5. The zero-order valence-corrected chi connectivity index (χ0v) is 9.50. The Morgan fingerprint density at radius 1 is 1.40 bits per heavy atom. The molecule has 1 aromatic rings. The molecule has 0 aliphatic carbocycles. The molecule has 82 valence electrons. The Kier molecular flexibility index (Phi) is 4.49. The third-order valence-corrected chi connectivity index (χ3v) is 3.76. The maximum absolute atomic E-state index is 11.8. The molecule has 0 bridgehead atoms. The van der Waals surface area contributed by atoms with Crippen LogP contribution in [0.15, 0.2) is 35.2 Å². The van der Waals surface area contributed by atoms with E-state index in [0.29, 0.717) is 12.2 Å². The maximum atomic E-state index is 11.8. The van der Waals surface area contributed by atoms with E-state index in [4.69, 9.17) is 5.73 Å². The van der Waals surface area contributed by atoms with Gasteiger partial charge in [0, 0.05) is 16.6 Å². The monoisotopic (exact) mass is 225 g/mol. The lowest BCUT2D eigenvalue weighted by Crippen LogP contribution is -2.27. The van der Waals surface area contributed by atoms with E-state index < -0.39 is 10.8 Å². The van der Waals surface area contributed by atoms with Gasteiger partial charge in [0.2, 0.25) is 5.91 Å². The van der Waals surface area contributed by atoms with Crippen LogP contribution in [0.4, 0.5) is 0 Å². The second-order valence-corrected chi connectivity index (χ2v) is 4.83. The van der Waals surface area contributed by atoms with Crippen molar-refractivity contribution >= 4 is 16.7 Å². The predicted octanol–water partition coefficient (Wildman–Crippen LogP) is 1.31. The van der Waals surface area contributed by atoms with Crippen LogP contribution in [0.1, 0.15) is 13.3 Å². The lowest BCUT2D eigenvalue weighted by molar-refractivity contribution is -0.121. The molecule has 0 aliphatic rings. The molecule has 1 amide bonds. The Balaban J connectivity index is 2.67. The summed E-state index contributed by atoms with van der Waals surface area (Å²) >= 11 is 0. The molecule has 0 aromatic heterocycles. The van der Waals surface area contributed by atoms with Gasteiger partial charge in [-0.25, -0.2) is 0 Å². The summed E-state index contributed by atoms with van der Waals surface area (Å²) in [6, 6.07) is 9.12. The van der Waals surface area contributed by atoms with Crippen molar-refractivity contribution in [3.05, 3.63) is 30.3 Å². The number of primary amides is 1. The van der Waals surface area contributed by atoms with Crippen LogP contribution < -0.4 is 5.73 Å². The van der Waals surface area contributed by atoms with Crippen LogP contribution in [0.5, 0.6) is 0 Å². The third-order valence-electron chi connectivity index (χ3n) is 2.25. The van der Waals surface area contributed by atoms with Crippen molar-refractivity contribution in [3.63, 3.8) is 0 Å². The normalized spacial score (nSPS) is 14.5. The van der Waals surface area contributed by atoms with Gasteiger partial charge >= 0.3 is 0 Å². The van der Waals surface area contributed by atoms with Crippen LogP contribution in [-0.4, -0.2) is 15.9 Å². The summed E-state index contributed by atoms with van der Waals surface area (Å²) in [5.41, 5.74) is 5.20. The standard InChI is InChI=1S/C11H15NO2S/c1-2-9(11(12)13)8-15(14)10-6-4-3-5-7-10/h3-7,9H,2,8H2,1H3,(H2,12,13)/t9-,15?/m1/s1. The van der Waals surface area contributed by atoms with Crippen molar-refractivity contribution in [2.75, 3.05) is 5.75 Å². The molecule has 1 unspecified atom stereocenters. The Morgan fingerprint density at radius 2 is 2.00 bits per heavy atom. The second-order valence-electron chi connectivity index (χ2n) is 3.33. The van der Waals surface area contributed by atoms with Gasteiger partial charge in [0.15, 0.2) is 0 Å². The summed E-state index contributed by atoms with van der Waals surface area (Å²) in [6.07, 6.45) is 0.633. The molecule has 1 rings (SSSR count). The van der Waals surface area contributed by atoms with Crippen molar-refractivity contribution in [1.29, 1.82) is 0 Å². The first-order valence-electron chi connectivity index (χ1n) is 4.88. The Hall–Kier alpha value is -1.16. The van der Waals surface area contributed by atoms with Crippen molar-refractivity contribution in [2.24, 2.45) is 11.7 Å². The molecular formula is C11H15NO2S. The van der Waals surface area contributed by atoms with Crippen molar-refractivity contribution < 1.29 is 9.00 Å². The minimum atomic E-state index is -1.13. The lowest BCUT2D eigenvalue weighted by Gasteiger charge is -2.09. The topological polar surface area (TPSA) is 60.2 Å². The Bertz CT molecular complexity index is 351. The fraction of sp³-hybridized carbons (Fsp3) is 0.364. The number of hydrogen-bond acceptors (Lipinski definition) is 2. The van der Waals surface area contributed by atoms with Crippen LogP contribution in [0.3, 0.4) is 0 Å². The highest BCUT2D eigenvalue weighted by atomic mass is 32.2. The maximum Gasteiger partial charge on any atom is 0.221 e. The molecule has 0 aliphatic heterocycles. The van der Waals surface area contributed by atoms with E-state index in [1.54, 1.807) is 12.1 Å². The molecule has 2 atom stereocenters. The van der Waals surface area contributed by atoms with Crippen molar-refractivity contribution in [3.8, 4) is 0 Å². The molecule has 4 heteroatoms. The second kappa shape index (κ2) is 5.66. The first-order valence-corrected chi connectivity index (χ1v) is 6.19. The van der Waals surface area contributed by atoms with Gasteiger partial charge in [-0.1, -0.05) is 25.1 Å². The van der Waals surface area contributed by atoms with E-state index in [0.717, 1.165) is 4.90 Å². The SMILES string of the molecule is CC[C@H](CS(=O)c1ccccc1)C(N)=O. The smallest absolute Gasteiger partial charge is 0.221 e. The third kappa shape index (κ3) is 3.47. The molecule has 0 saturated heterocycles. The van der Waals surface area contributed by atoms with Crippen LogP contribution in [-0.2, 0) is 15.6 Å². The largest absolute Gasteiger partial charge is 0.369 e. The molecule has 2 N–H and O–H groups in total. The summed E-state index contributed by atoms with van der Waals surface area (Å²) in [7, 11) is -1.13. The van der Waals surface area contributed by atoms with E-state index in [-0.39, 0.29) is 11.8 Å². The highest BCUT2D eigenvalue weighted by Crippen LogP contribution is 2.11. The Labute approximate surface area is 92.1 Å². The summed E-state index contributed by atoms with van der Waals surface area (Å²) in [6.45, 7) is 1.87. The molecule has 0 saturated carbocycles. The average Bonchev–Trinajstić information content (AvgIpc) is 2.26. The van der Waals surface area contributed by atoms with Crippen molar-refractivity contribution in [1.82, 2.24) is 0 Å². The number of amides is 1. The van der Waals surface area contributed by atoms with Crippen LogP contribution in [0, 0.1) is 5.92 Å². The van der Waals surface area contributed by atoms with E-state index in [1.165, 1.54) is 0 Å². The minimum absolute atomic E-state index is 0.300. The van der Waals surface area contributed by atoms with Gasteiger partial charge in [-0.05, 0) is 18.6 Å². The van der Waals surface area contributed by atoms with Gasteiger partial charge in [-0.15, -0.1) is 0 Å². The van der Waals surface area contributed by atoms with E-state index >= 15 is 0 Å². The zero-order valence-electron chi connectivity index (χ0n) is 8.68. The first kappa shape index (κ1) is 11.9. The van der Waals surface area contributed by atoms with E-state index in [2.05, 4.69) is 0 Å². The molecule has 0 fully saturated rings. The molecule has 0 spiro atoms. The van der Waals surface area contributed by atoms with Crippen LogP contribution in [0.2, 0.25) is 0 Å². The molecule has 1 aromatic carbocycles. The van der Waals surface area contributed by atoms with Gasteiger partial charge in [0.25, 0.3) is 0 Å². The predicted molar refractivity (Wildman–Crippen MR) is 60.7 cm³/mol. The summed E-state index contributed by atoms with van der Waals surface area (Å²) in [5, 5.41) is 0. The highest BCUT2D eigenvalue weighted by Gasteiger charge is 2.17. The van der Waals surface area contributed by atoms with Gasteiger partial charge in [0.05, 0.1) is 10.8 Å². The van der Waals surface area contributed by atoms with Gasteiger partial charge in [-0.2, -0.15) is 0 Å². The quantitative estimate of drug-likeness (QED) is 0.821. The summed E-state index contributed by atoms with van der Waals surface area (Å²) < 4.78 is 11.8. The van der Waals surface area contributed by atoms with Gasteiger partial charge < -0.3 is 5.73 Å². The van der Waals surface area contributed by atoms with E-state index in [1.807, 2.05) is 25.1 Å². The first-order chi connectivity index (χ1) is 7.15. The molecule has 0 heterocycles. The summed E-state index contributed by atoms with van der Waals surface area (Å²) in [5.74, 6) is -0.358. The minimum Gasteiger partial charge on any atom is -0.369 e. The van der Waals surface area contributed by atoms with Crippen LogP contribution in [0.25, 0.3) is 0 Å². The highest BCUT2D eigenvalue weighted by molar-refractivity contribution is 7.85. The zero-order chi connectivity index (χ0) is 11.3. The van der Waals surface area contributed by atoms with Gasteiger partial charge in [0.1, 0.15) is 0 Å². The van der Waals surface area contributed by atoms with Crippen molar-refractivity contribution in [2.45, 2.75) is 18.2 Å². The van der Waals surface area contributed by atoms with Crippen LogP contribution >= 0.6 is 0 Å². The summed E-state index contributed by atoms with van der Waals surface area (Å²) in [4.78, 5) is 11.7. The van der Waals surface area contributed by atoms with Gasteiger partial charge in [-0.3, -0.25) is 9.00 Å². The van der Waals surface area contributed by atoms with E-state index in [9.17, 15) is 9.00 Å². The number of carbonyl (C=O) groups excluding carboxylic acids is 1. The number of hydrogen-bond donors (Lipinski definition) is 1. The number of nitrogens with two attached hydrogens (primary N) is 1. The molecule has 3 nitrogen and oxygen atoms in total.